The van der Waals surface area contributed by atoms with Crippen molar-refractivity contribution in [2.45, 2.75) is 32.5 Å². The van der Waals surface area contributed by atoms with Gasteiger partial charge in [0.15, 0.2) is 6.04 Å². The summed E-state index contributed by atoms with van der Waals surface area (Å²) in [4.78, 5) is 21.8. The first kappa shape index (κ1) is 20.1. The predicted molar refractivity (Wildman–Crippen MR) is 94.0 cm³/mol. The predicted octanol–water partition coefficient (Wildman–Crippen LogP) is 1.87. The monoisotopic (exact) mass is 398 g/mol. The number of anilines is 1. The Morgan fingerprint density at radius 2 is 2.18 bits per heavy atom. The number of carbonyl (C=O) groups excluding carboxylic acids is 1. The van der Waals surface area contributed by atoms with E-state index in [1.165, 1.54) is 0 Å². The van der Waals surface area contributed by atoms with Crippen molar-refractivity contribution in [2.24, 2.45) is 0 Å². The molecule has 11 heteroatoms. The first-order chi connectivity index (χ1) is 13.3. The average molecular weight is 398 g/mol. The zero-order chi connectivity index (χ0) is 20.3. The van der Waals surface area contributed by atoms with Gasteiger partial charge in [0.25, 0.3) is 5.91 Å². The van der Waals surface area contributed by atoms with E-state index in [4.69, 9.17) is 4.74 Å². The summed E-state index contributed by atoms with van der Waals surface area (Å²) in [6.45, 7) is 3.29. The van der Waals surface area contributed by atoms with Crippen LogP contribution in [0.3, 0.4) is 0 Å². The molecule has 8 nitrogen and oxygen atoms in total. The number of nitrogens with zero attached hydrogens (tertiary/aromatic N) is 4. The lowest BCUT2D eigenvalue weighted by Crippen LogP contribution is -2.56. The maximum absolute atomic E-state index is 13.3. The van der Waals surface area contributed by atoms with Gasteiger partial charge in [-0.3, -0.25) is 9.89 Å². The number of morpholine rings is 1. The smallest absolute Gasteiger partial charge is 0.377 e. The highest BCUT2D eigenvalue weighted by molar-refractivity contribution is 5.91. The summed E-state index contributed by atoms with van der Waals surface area (Å²) >= 11 is 0. The number of amides is 1. The number of rotatable bonds is 5. The van der Waals surface area contributed by atoms with Gasteiger partial charge in [-0.25, -0.2) is 9.97 Å². The third-order valence-corrected chi connectivity index (χ3v) is 4.61. The van der Waals surface area contributed by atoms with Crippen LogP contribution in [0.15, 0.2) is 12.4 Å². The highest BCUT2D eigenvalue weighted by Crippen LogP contribution is 2.28. The van der Waals surface area contributed by atoms with E-state index in [1.54, 1.807) is 26.2 Å². The molecule has 3 heterocycles. The van der Waals surface area contributed by atoms with Crippen molar-refractivity contribution in [3.63, 3.8) is 0 Å². The van der Waals surface area contributed by atoms with Gasteiger partial charge in [0.05, 0.1) is 19.4 Å². The van der Waals surface area contributed by atoms with Crippen molar-refractivity contribution in [3.8, 4) is 0 Å². The summed E-state index contributed by atoms with van der Waals surface area (Å²) in [7, 11) is 0. The molecule has 0 aliphatic carbocycles. The quantitative estimate of drug-likeness (QED) is 0.798. The number of aromatic amines is 1. The molecule has 1 aliphatic rings. The van der Waals surface area contributed by atoms with E-state index >= 15 is 0 Å². The van der Waals surface area contributed by atoms with Crippen LogP contribution in [0.2, 0.25) is 0 Å². The first-order valence-corrected chi connectivity index (χ1v) is 8.79. The number of nitrogens with one attached hydrogen (secondary N) is 2. The molecule has 28 heavy (non-hydrogen) atoms. The fourth-order valence-electron chi connectivity index (χ4n) is 2.88. The number of aryl methyl sites for hydroxylation is 1. The number of hydrogen-bond donors (Lipinski definition) is 2. The topological polar surface area (TPSA) is 96.0 Å². The summed E-state index contributed by atoms with van der Waals surface area (Å²) < 4.78 is 44.7. The third kappa shape index (κ3) is 4.41. The Morgan fingerprint density at radius 1 is 1.39 bits per heavy atom. The van der Waals surface area contributed by atoms with E-state index in [0.29, 0.717) is 24.5 Å². The Labute approximate surface area is 159 Å². The molecule has 1 amide bonds. The maximum Gasteiger partial charge on any atom is 0.411 e. The molecule has 2 aromatic rings. The molecule has 2 N–H and O–H groups in total. The van der Waals surface area contributed by atoms with Gasteiger partial charge in [0.1, 0.15) is 5.82 Å². The average Bonchev–Trinajstić information content (AvgIpc) is 3.17. The second-order valence-electron chi connectivity index (χ2n) is 6.52. The van der Waals surface area contributed by atoms with Gasteiger partial charge >= 0.3 is 6.18 Å². The van der Waals surface area contributed by atoms with Crippen molar-refractivity contribution in [1.29, 1.82) is 0 Å². The van der Waals surface area contributed by atoms with Crippen LogP contribution >= 0.6 is 0 Å². The van der Waals surface area contributed by atoms with Crippen molar-refractivity contribution in [1.82, 2.24) is 25.1 Å². The minimum absolute atomic E-state index is 0.0406. The molecule has 1 atom stereocenters. The van der Waals surface area contributed by atoms with E-state index in [2.05, 4.69) is 25.5 Å². The molecule has 1 fully saturated rings. The van der Waals surface area contributed by atoms with Crippen LogP contribution in [0, 0.1) is 13.8 Å². The van der Waals surface area contributed by atoms with Crippen LogP contribution in [-0.2, 0) is 11.2 Å². The van der Waals surface area contributed by atoms with Gasteiger partial charge in [-0.2, -0.15) is 18.3 Å². The van der Waals surface area contributed by atoms with Crippen LogP contribution < -0.4 is 5.32 Å². The molecule has 0 bridgehead atoms. The van der Waals surface area contributed by atoms with Gasteiger partial charge in [-0.15, -0.1) is 0 Å². The number of alkyl halides is 3. The van der Waals surface area contributed by atoms with Crippen LogP contribution in [-0.4, -0.2) is 69.5 Å². The Kier molecular flexibility index (Phi) is 5.82. The largest absolute Gasteiger partial charge is 0.411 e. The zero-order valence-electron chi connectivity index (χ0n) is 15.5. The van der Waals surface area contributed by atoms with Crippen LogP contribution in [0.4, 0.5) is 19.0 Å². The molecule has 152 valence electrons. The summed E-state index contributed by atoms with van der Waals surface area (Å²) in [5.74, 6) is -0.687. The van der Waals surface area contributed by atoms with Crippen LogP contribution in [0.1, 0.15) is 27.4 Å². The summed E-state index contributed by atoms with van der Waals surface area (Å²) in [6, 6.07) is -2.00. The Hall–Kier alpha value is -2.69. The standard InChI is InChI=1S/C17H21F3N6O2/c1-10-11(2)24-15(25-14(10)21-4-3-12-7-22-23-8-12)16(27)26-5-6-28-9-13(26)17(18,19)20/h7-8,13H,3-6,9H2,1-2H3,(H,22,23)(H,21,24,25). The number of aromatic nitrogens is 4. The Bertz CT molecular complexity index is 825. The van der Waals surface area contributed by atoms with E-state index < -0.39 is 24.7 Å². The first-order valence-electron chi connectivity index (χ1n) is 8.79. The van der Waals surface area contributed by atoms with Crippen molar-refractivity contribution < 1.29 is 22.7 Å². The summed E-state index contributed by atoms with van der Waals surface area (Å²) in [6.07, 6.45) is -0.446. The molecule has 3 rings (SSSR count). The second kappa shape index (κ2) is 8.13. The molecule has 0 radical (unpaired) electrons. The summed E-state index contributed by atoms with van der Waals surface area (Å²) in [5, 5.41) is 9.71. The highest BCUT2D eigenvalue weighted by atomic mass is 19.4. The number of carbonyl (C=O) groups is 1. The van der Waals surface area contributed by atoms with E-state index in [-0.39, 0.29) is 19.0 Å². The lowest BCUT2D eigenvalue weighted by Gasteiger charge is -2.36. The number of halogens is 3. The zero-order valence-corrected chi connectivity index (χ0v) is 15.5. The number of H-pyrrole nitrogens is 1. The van der Waals surface area contributed by atoms with Crippen molar-refractivity contribution >= 4 is 11.7 Å². The number of hydrogen-bond acceptors (Lipinski definition) is 6. The minimum atomic E-state index is -4.58. The van der Waals surface area contributed by atoms with Crippen LogP contribution in [0.25, 0.3) is 0 Å². The van der Waals surface area contributed by atoms with Crippen molar-refractivity contribution in [3.05, 3.63) is 35.0 Å². The fraction of sp³-hybridized carbons (Fsp3) is 0.529. The minimum Gasteiger partial charge on any atom is -0.377 e. The van der Waals surface area contributed by atoms with Gasteiger partial charge in [-0.05, 0) is 25.8 Å². The van der Waals surface area contributed by atoms with Gasteiger partial charge < -0.3 is 15.0 Å². The molecular formula is C17H21F3N6O2. The molecule has 1 unspecified atom stereocenters. The SMILES string of the molecule is Cc1nc(C(=O)N2CCOCC2C(F)(F)F)nc(NCCc2cn[nH]c2)c1C. The molecular weight excluding hydrogens is 377 g/mol. The Balaban J connectivity index is 1.78. The van der Waals surface area contributed by atoms with Gasteiger partial charge in [0, 0.05) is 30.5 Å². The van der Waals surface area contributed by atoms with E-state index in [1.807, 2.05) is 0 Å². The number of ether oxygens (including phenoxy) is 1. The fourth-order valence-corrected chi connectivity index (χ4v) is 2.88. The summed E-state index contributed by atoms with van der Waals surface area (Å²) in [5.41, 5.74) is 2.26. The second-order valence-corrected chi connectivity index (χ2v) is 6.52. The Morgan fingerprint density at radius 3 is 2.86 bits per heavy atom. The lowest BCUT2D eigenvalue weighted by atomic mass is 10.2. The normalized spacial score (nSPS) is 17.6. The van der Waals surface area contributed by atoms with Gasteiger partial charge in [0.2, 0.25) is 5.82 Å². The molecule has 2 aromatic heterocycles. The van der Waals surface area contributed by atoms with Crippen LogP contribution in [0.5, 0.6) is 0 Å². The van der Waals surface area contributed by atoms with Gasteiger partial charge in [-0.1, -0.05) is 0 Å². The molecule has 0 spiro atoms. The molecule has 0 saturated carbocycles. The molecule has 1 saturated heterocycles. The van der Waals surface area contributed by atoms with Crippen molar-refractivity contribution in [2.75, 3.05) is 31.6 Å². The lowest BCUT2D eigenvalue weighted by molar-refractivity contribution is -0.202. The maximum atomic E-state index is 13.3. The molecule has 1 aliphatic heterocycles. The molecule has 0 aromatic carbocycles. The third-order valence-electron chi connectivity index (χ3n) is 4.61. The van der Waals surface area contributed by atoms with E-state index in [9.17, 15) is 18.0 Å². The van der Waals surface area contributed by atoms with E-state index in [0.717, 1.165) is 16.0 Å². The highest BCUT2D eigenvalue weighted by Gasteiger charge is 2.47.